The molecule has 2 aromatic carbocycles. The largest absolute Gasteiger partial charge is 0.488 e. The molecular formula is C13H11BF2O3. The smallest absolute Gasteiger partial charge is 0.483 e. The van der Waals surface area contributed by atoms with Gasteiger partial charge in [0.15, 0.2) is 17.4 Å². The van der Waals surface area contributed by atoms with Gasteiger partial charge in [0.2, 0.25) is 0 Å². The molecule has 2 N–H and O–H groups in total. The third-order valence-electron chi connectivity index (χ3n) is 2.62. The van der Waals surface area contributed by atoms with Crippen LogP contribution in [0.3, 0.4) is 0 Å². The molecule has 0 aliphatic rings. The van der Waals surface area contributed by atoms with Crippen LogP contribution in [0.5, 0.6) is 5.75 Å². The Bertz CT molecular complexity index is 555. The lowest BCUT2D eigenvalue weighted by atomic mass is 9.77. The number of halogens is 2. The highest BCUT2D eigenvalue weighted by Crippen LogP contribution is 2.21. The molecule has 6 heteroatoms. The van der Waals surface area contributed by atoms with Crippen LogP contribution in [-0.2, 0) is 6.61 Å². The molecule has 0 saturated carbocycles. The summed E-state index contributed by atoms with van der Waals surface area (Å²) in [5.41, 5.74) is 0.680. The highest BCUT2D eigenvalue weighted by Gasteiger charge is 2.16. The third-order valence-corrected chi connectivity index (χ3v) is 2.62. The first-order valence-corrected chi connectivity index (χ1v) is 5.60. The van der Waals surface area contributed by atoms with Gasteiger partial charge in [-0.25, -0.2) is 8.78 Å². The zero-order chi connectivity index (χ0) is 13.8. The predicted molar refractivity (Wildman–Crippen MR) is 67.0 cm³/mol. The molecule has 2 aromatic rings. The van der Waals surface area contributed by atoms with Crippen LogP contribution in [0.1, 0.15) is 5.56 Å². The minimum atomic E-state index is -1.66. The van der Waals surface area contributed by atoms with E-state index >= 15 is 0 Å². The van der Waals surface area contributed by atoms with Gasteiger partial charge in [0, 0.05) is 0 Å². The zero-order valence-corrected chi connectivity index (χ0v) is 9.88. The molecule has 0 unspecified atom stereocenters. The van der Waals surface area contributed by atoms with Crippen molar-refractivity contribution in [2.24, 2.45) is 0 Å². The number of ether oxygens (including phenoxy) is 1. The van der Waals surface area contributed by atoms with Crippen molar-refractivity contribution >= 4 is 12.6 Å². The Hall–Kier alpha value is -1.92. The van der Waals surface area contributed by atoms with Crippen LogP contribution in [0.4, 0.5) is 8.78 Å². The monoisotopic (exact) mass is 264 g/mol. The summed E-state index contributed by atoms with van der Waals surface area (Å²) in [7, 11) is -1.66. The van der Waals surface area contributed by atoms with E-state index in [1.807, 2.05) is 0 Å². The van der Waals surface area contributed by atoms with Gasteiger partial charge < -0.3 is 14.8 Å². The lowest BCUT2D eigenvalue weighted by molar-refractivity contribution is 0.274. The fourth-order valence-corrected chi connectivity index (χ4v) is 1.69. The maximum Gasteiger partial charge on any atom is 0.488 e. The van der Waals surface area contributed by atoms with Crippen molar-refractivity contribution in [3.05, 3.63) is 59.7 Å². The van der Waals surface area contributed by atoms with E-state index in [9.17, 15) is 8.78 Å². The van der Waals surface area contributed by atoms with Crippen LogP contribution < -0.4 is 10.2 Å². The van der Waals surface area contributed by atoms with Crippen molar-refractivity contribution in [3.63, 3.8) is 0 Å². The second-order valence-corrected chi connectivity index (χ2v) is 3.91. The number of rotatable bonds is 4. The van der Waals surface area contributed by atoms with Gasteiger partial charge in [-0.1, -0.05) is 30.3 Å². The summed E-state index contributed by atoms with van der Waals surface area (Å²) >= 11 is 0. The summed E-state index contributed by atoms with van der Waals surface area (Å²) in [5, 5.41) is 18.3. The summed E-state index contributed by atoms with van der Waals surface area (Å²) in [4.78, 5) is 0. The van der Waals surface area contributed by atoms with Crippen molar-refractivity contribution in [2.75, 3.05) is 0 Å². The number of benzene rings is 2. The van der Waals surface area contributed by atoms with E-state index in [-0.39, 0.29) is 12.1 Å². The quantitative estimate of drug-likeness (QED) is 0.816. The minimum absolute atomic E-state index is 0.161. The summed E-state index contributed by atoms with van der Waals surface area (Å²) in [6, 6.07) is 9.80. The molecule has 3 nitrogen and oxygen atoms in total. The summed E-state index contributed by atoms with van der Waals surface area (Å²) in [5.74, 6) is -2.09. The van der Waals surface area contributed by atoms with Crippen LogP contribution >= 0.6 is 0 Å². The Morgan fingerprint density at radius 3 is 2.21 bits per heavy atom. The number of hydrogen-bond donors (Lipinski definition) is 2. The molecular weight excluding hydrogens is 253 g/mol. The molecule has 0 aliphatic carbocycles. The van der Waals surface area contributed by atoms with Gasteiger partial charge in [-0.3, -0.25) is 0 Å². The zero-order valence-electron chi connectivity index (χ0n) is 9.88. The lowest BCUT2D eigenvalue weighted by Crippen LogP contribution is -2.33. The second-order valence-electron chi connectivity index (χ2n) is 3.91. The van der Waals surface area contributed by atoms with Crippen LogP contribution in [0.25, 0.3) is 0 Å². The molecule has 19 heavy (non-hydrogen) atoms. The molecule has 0 fully saturated rings. The molecule has 98 valence electrons. The predicted octanol–water partition coefficient (Wildman–Crippen LogP) is 1.22. The maximum absolute atomic E-state index is 13.3. The first kappa shape index (κ1) is 13.5. The van der Waals surface area contributed by atoms with Gasteiger partial charge in [-0.05, 0) is 23.2 Å². The van der Waals surface area contributed by atoms with E-state index in [1.165, 1.54) is 12.1 Å². The molecule has 0 bridgehead atoms. The van der Waals surface area contributed by atoms with Gasteiger partial charge >= 0.3 is 7.12 Å². The summed E-state index contributed by atoms with van der Waals surface area (Å²) in [6.45, 7) is -0.161. The van der Waals surface area contributed by atoms with Crippen molar-refractivity contribution in [3.8, 4) is 5.75 Å². The van der Waals surface area contributed by atoms with Gasteiger partial charge in [-0.2, -0.15) is 0 Å². The average Bonchev–Trinajstić information content (AvgIpc) is 2.38. The molecule has 2 rings (SSSR count). The first-order valence-electron chi connectivity index (χ1n) is 5.60. The normalized spacial score (nSPS) is 10.3. The minimum Gasteiger partial charge on any atom is -0.483 e. The van der Waals surface area contributed by atoms with Gasteiger partial charge in [0.05, 0.1) is 0 Å². The SMILES string of the molecule is OB(O)c1ccccc1COc1c(F)cccc1F. The van der Waals surface area contributed by atoms with Crippen LogP contribution in [0, 0.1) is 11.6 Å². The molecule has 0 aliphatic heterocycles. The van der Waals surface area contributed by atoms with Crippen LogP contribution in [0.2, 0.25) is 0 Å². The van der Waals surface area contributed by atoms with E-state index in [1.54, 1.807) is 18.2 Å². The van der Waals surface area contributed by atoms with Crippen molar-refractivity contribution in [1.29, 1.82) is 0 Å². The standard InChI is InChI=1S/C13H11BF2O3/c15-11-6-3-7-12(16)13(11)19-8-9-4-1-2-5-10(9)14(17)18/h1-7,17-18H,8H2. The molecule has 0 atom stereocenters. The Labute approximate surface area is 109 Å². The highest BCUT2D eigenvalue weighted by molar-refractivity contribution is 6.59. The van der Waals surface area contributed by atoms with E-state index in [2.05, 4.69) is 0 Å². The van der Waals surface area contributed by atoms with E-state index in [0.29, 0.717) is 5.56 Å². The second kappa shape index (κ2) is 5.82. The number of hydrogen-bond acceptors (Lipinski definition) is 3. The maximum atomic E-state index is 13.3. The Morgan fingerprint density at radius 2 is 1.58 bits per heavy atom. The molecule has 0 spiro atoms. The number of para-hydroxylation sites is 1. The fourth-order valence-electron chi connectivity index (χ4n) is 1.69. The van der Waals surface area contributed by atoms with E-state index in [0.717, 1.165) is 12.1 Å². The van der Waals surface area contributed by atoms with Crippen molar-refractivity contribution in [2.45, 2.75) is 6.61 Å². The molecule has 0 heterocycles. The van der Waals surface area contributed by atoms with Crippen LogP contribution in [-0.4, -0.2) is 17.2 Å². The Kier molecular flexibility index (Phi) is 4.14. The summed E-state index contributed by atoms with van der Waals surface area (Å²) in [6.07, 6.45) is 0. The van der Waals surface area contributed by atoms with E-state index in [4.69, 9.17) is 14.8 Å². The summed E-state index contributed by atoms with van der Waals surface area (Å²) < 4.78 is 31.8. The van der Waals surface area contributed by atoms with Gasteiger partial charge in [0.1, 0.15) is 6.61 Å². The van der Waals surface area contributed by atoms with Gasteiger partial charge in [-0.15, -0.1) is 0 Å². The molecule has 0 amide bonds. The van der Waals surface area contributed by atoms with Gasteiger partial charge in [0.25, 0.3) is 0 Å². The first-order chi connectivity index (χ1) is 9.09. The molecule has 0 radical (unpaired) electrons. The molecule has 0 saturated heterocycles. The third kappa shape index (κ3) is 3.10. The van der Waals surface area contributed by atoms with Crippen LogP contribution in [0.15, 0.2) is 42.5 Å². The Balaban J connectivity index is 2.19. The van der Waals surface area contributed by atoms with Crippen molar-refractivity contribution in [1.82, 2.24) is 0 Å². The Morgan fingerprint density at radius 1 is 0.947 bits per heavy atom. The lowest BCUT2D eigenvalue weighted by Gasteiger charge is -2.11. The highest BCUT2D eigenvalue weighted by atomic mass is 19.1. The van der Waals surface area contributed by atoms with E-state index < -0.39 is 24.5 Å². The average molecular weight is 264 g/mol. The fraction of sp³-hybridized carbons (Fsp3) is 0.0769. The molecule has 0 aromatic heterocycles. The van der Waals surface area contributed by atoms with Crippen molar-refractivity contribution < 1.29 is 23.6 Å². The topological polar surface area (TPSA) is 49.7 Å².